The quantitative estimate of drug-likeness (QED) is 0.627. The monoisotopic (exact) mass is 304 g/mol. The van der Waals surface area contributed by atoms with Gasteiger partial charge in [0.25, 0.3) is 0 Å². The predicted octanol–water partition coefficient (Wildman–Crippen LogP) is 1.36. The van der Waals surface area contributed by atoms with Gasteiger partial charge in [0.2, 0.25) is 0 Å². The largest absolute Gasteiger partial charge is 0.358 e. The molecule has 0 saturated heterocycles. The van der Waals surface area contributed by atoms with Gasteiger partial charge in [0, 0.05) is 13.2 Å². The Morgan fingerprint density at radius 2 is 2.05 bits per heavy atom. The van der Waals surface area contributed by atoms with Crippen LogP contribution >= 0.6 is 0 Å². The van der Waals surface area contributed by atoms with Gasteiger partial charge in [0.05, 0.1) is 11.8 Å². The molecule has 1 heterocycles. The molecule has 0 saturated carbocycles. The molecule has 1 aromatic carbocycles. The molecule has 108 valence electrons. The molecule has 0 bridgehead atoms. The molecule has 1 aromatic heterocycles. The maximum absolute atomic E-state index is 11.9. The van der Waals surface area contributed by atoms with Gasteiger partial charge in [-0.05, 0) is 19.1 Å². The molecule has 0 unspecified atom stereocenters. The Kier molecular flexibility index (Phi) is 4.05. The van der Waals surface area contributed by atoms with E-state index in [0.717, 1.165) is 5.56 Å². The third kappa shape index (κ3) is 3.46. The van der Waals surface area contributed by atoms with Gasteiger partial charge in [-0.25, -0.2) is 0 Å². The van der Waals surface area contributed by atoms with Crippen LogP contribution in [-0.2, 0) is 21.4 Å². The molecule has 0 amide bonds. The van der Waals surface area contributed by atoms with Crippen LogP contribution in [0.25, 0.3) is 0 Å². The Balaban J connectivity index is 2.26. The van der Waals surface area contributed by atoms with Crippen LogP contribution in [0.2, 0.25) is 0 Å². The van der Waals surface area contributed by atoms with Gasteiger partial charge in [-0.15, -0.1) is 0 Å². The molecule has 0 atom stereocenters. The minimum absolute atomic E-state index is 0.0275. The normalized spacial score (nSPS) is 12.0. The fourth-order valence-electron chi connectivity index (χ4n) is 1.52. The maximum atomic E-state index is 11.9. The Hall–Kier alpha value is -2.66. The summed E-state index contributed by atoms with van der Waals surface area (Å²) in [5.74, 6) is 0. The van der Waals surface area contributed by atoms with Crippen LogP contribution in [0.1, 0.15) is 11.1 Å². The highest BCUT2D eigenvalue weighted by molar-refractivity contribution is 7.86. The van der Waals surface area contributed by atoms with Crippen molar-refractivity contribution in [2.75, 3.05) is 0 Å². The first kappa shape index (κ1) is 14.7. The molecule has 0 aliphatic carbocycles. The summed E-state index contributed by atoms with van der Waals surface area (Å²) in [5, 5.41) is 16.3. The Labute approximate surface area is 122 Å². The number of oxime groups is 1. The highest BCUT2D eigenvalue weighted by Gasteiger charge is 2.16. The van der Waals surface area contributed by atoms with E-state index in [-0.39, 0.29) is 10.6 Å². The topological polar surface area (TPSA) is 97.3 Å². The summed E-state index contributed by atoms with van der Waals surface area (Å²) in [7, 11) is -2.38. The first-order valence-corrected chi connectivity index (χ1v) is 7.30. The second kappa shape index (κ2) is 5.76. The summed E-state index contributed by atoms with van der Waals surface area (Å²) in [5.41, 5.74) is 1.13. The number of aromatic nitrogens is 2. The highest BCUT2D eigenvalue weighted by atomic mass is 32.2. The number of hydrogen-bond donors (Lipinski definition) is 0. The number of hydrogen-bond acceptors (Lipinski definition) is 6. The van der Waals surface area contributed by atoms with Crippen LogP contribution in [0.3, 0.4) is 0 Å². The first-order valence-electron chi connectivity index (χ1n) is 5.90. The first-order chi connectivity index (χ1) is 9.92. The van der Waals surface area contributed by atoms with E-state index in [9.17, 15) is 8.42 Å². The molecule has 0 aliphatic heterocycles. The summed E-state index contributed by atoms with van der Waals surface area (Å²) in [4.78, 5) is -0.0275. The molecule has 0 fully saturated rings. The zero-order chi connectivity index (χ0) is 15.5. The Morgan fingerprint density at radius 1 is 1.38 bits per heavy atom. The smallest absolute Gasteiger partial charge is 0.275 e. The van der Waals surface area contributed by atoms with Crippen LogP contribution < -0.4 is 0 Å². The van der Waals surface area contributed by atoms with Crippen LogP contribution in [0, 0.1) is 18.3 Å². The standard InChI is InChI=1S/C13H12N4O3S/c1-10-3-5-12(6-4-10)21(18,19)20-16-13(7-14)11-8-15-17(2)9-11/h3-6,8-9H,1-2H3/b16-13-. The summed E-state index contributed by atoms with van der Waals surface area (Å²) in [6.45, 7) is 1.84. The second-order valence-electron chi connectivity index (χ2n) is 4.30. The van der Waals surface area contributed by atoms with Crippen molar-refractivity contribution in [1.29, 1.82) is 5.26 Å². The van der Waals surface area contributed by atoms with E-state index in [1.165, 1.54) is 29.2 Å². The molecule has 0 aliphatic rings. The zero-order valence-electron chi connectivity index (χ0n) is 11.4. The van der Waals surface area contributed by atoms with Gasteiger partial charge in [-0.1, -0.05) is 22.9 Å². The lowest BCUT2D eigenvalue weighted by Crippen LogP contribution is -2.05. The number of benzene rings is 1. The summed E-state index contributed by atoms with van der Waals surface area (Å²) < 4.78 is 29.9. The molecule has 7 nitrogen and oxygen atoms in total. The summed E-state index contributed by atoms with van der Waals surface area (Å²) >= 11 is 0. The van der Waals surface area contributed by atoms with Gasteiger partial charge in [-0.2, -0.15) is 18.8 Å². The van der Waals surface area contributed by atoms with Crippen LogP contribution in [0.15, 0.2) is 46.7 Å². The van der Waals surface area contributed by atoms with Gasteiger partial charge in [0.15, 0.2) is 5.71 Å². The van der Waals surface area contributed by atoms with Gasteiger partial charge in [-0.3, -0.25) is 8.97 Å². The van der Waals surface area contributed by atoms with Gasteiger partial charge in [0.1, 0.15) is 11.0 Å². The van der Waals surface area contributed by atoms with Crippen LogP contribution in [-0.4, -0.2) is 23.9 Å². The van der Waals surface area contributed by atoms with Crippen molar-refractivity contribution in [2.45, 2.75) is 11.8 Å². The van der Waals surface area contributed by atoms with Crippen molar-refractivity contribution in [3.05, 3.63) is 47.8 Å². The third-order valence-electron chi connectivity index (χ3n) is 2.62. The molecular weight excluding hydrogens is 292 g/mol. The number of rotatable bonds is 4. The second-order valence-corrected chi connectivity index (χ2v) is 5.82. The molecule has 8 heteroatoms. The van der Waals surface area contributed by atoms with Gasteiger partial charge < -0.3 is 0 Å². The molecule has 2 rings (SSSR count). The fourth-order valence-corrected chi connectivity index (χ4v) is 2.24. The van der Waals surface area contributed by atoms with Crippen molar-refractivity contribution >= 4 is 15.8 Å². The van der Waals surface area contributed by atoms with Crippen molar-refractivity contribution < 1.29 is 12.7 Å². The van der Waals surface area contributed by atoms with Crippen molar-refractivity contribution in [1.82, 2.24) is 9.78 Å². The van der Waals surface area contributed by atoms with E-state index >= 15 is 0 Å². The SMILES string of the molecule is Cc1ccc(S(=O)(=O)O/N=C(/C#N)c2cnn(C)c2)cc1. The molecular formula is C13H12N4O3S. The van der Waals surface area contributed by atoms with E-state index < -0.39 is 10.1 Å². The van der Waals surface area contributed by atoms with Crippen molar-refractivity contribution in [2.24, 2.45) is 12.2 Å². The zero-order valence-corrected chi connectivity index (χ0v) is 12.2. The number of aryl methyl sites for hydroxylation is 2. The molecule has 21 heavy (non-hydrogen) atoms. The maximum Gasteiger partial charge on any atom is 0.358 e. The van der Waals surface area contributed by atoms with Crippen LogP contribution in [0.5, 0.6) is 0 Å². The van der Waals surface area contributed by atoms with Crippen molar-refractivity contribution in [3.63, 3.8) is 0 Å². The van der Waals surface area contributed by atoms with E-state index in [1.807, 2.05) is 6.92 Å². The van der Waals surface area contributed by atoms with E-state index in [0.29, 0.717) is 5.56 Å². The fraction of sp³-hybridized carbons (Fsp3) is 0.154. The van der Waals surface area contributed by atoms with Crippen LogP contribution in [0.4, 0.5) is 0 Å². The minimum atomic E-state index is -4.05. The van der Waals surface area contributed by atoms with E-state index in [4.69, 9.17) is 5.26 Å². The average Bonchev–Trinajstić information content (AvgIpc) is 2.86. The lowest BCUT2D eigenvalue weighted by molar-refractivity contribution is 0.339. The van der Waals surface area contributed by atoms with E-state index in [2.05, 4.69) is 14.5 Å². The molecule has 0 spiro atoms. The summed E-state index contributed by atoms with van der Waals surface area (Å²) in [6, 6.07) is 7.89. The Morgan fingerprint density at radius 3 is 2.57 bits per heavy atom. The van der Waals surface area contributed by atoms with Gasteiger partial charge >= 0.3 is 10.1 Å². The summed E-state index contributed by atoms with van der Waals surface area (Å²) in [6.07, 6.45) is 2.92. The molecule has 0 radical (unpaired) electrons. The molecule has 2 aromatic rings. The Bertz CT molecular complexity index is 814. The molecule has 0 N–H and O–H groups in total. The lowest BCUT2D eigenvalue weighted by Gasteiger charge is -2.02. The highest BCUT2D eigenvalue weighted by Crippen LogP contribution is 2.14. The third-order valence-corrected chi connectivity index (χ3v) is 3.74. The number of nitriles is 1. The minimum Gasteiger partial charge on any atom is -0.275 e. The van der Waals surface area contributed by atoms with E-state index in [1.54, 1.807) is 25.2 Å². The predicted molar refractivity (Wildman–Crippen MR) is 74.8 cm³/mol. The number of nitrogens with zero attached hydrogens (tertiary/aromatic N) is 4. The average molecular weight is 304 g/mol. The van der Waals surface area contributed by atoms with Crippen molar-refractivity contribution in [3.8, 4) is 6.07 Å². The lowest BCUT2D eigenvalue weighted by atomic mass is 10.2.